The predicted octanol–water partition coefficient (Wildman–Crippen LogP) is 5.73. The minimum atomic E-state index is 0. The Kier molecular flexibility index (Phi) is 8.00. The standard InChI is InChI=1S/C28H36N3.W/c1-17-16-25(22(6)19(3)18(17)2)29(9)15-13-12-14-26-30(10)27-23(7)20(4)21(5)24(8)28(27)31(26)11;/h12-14H,1-11H3;/q-1;+2. The van der Waals surface area contributed by atoms with Crippen molar-refractivity contribution in [2.75, 3.05) is 11.9 Å². The second-order valence-electron chi connectivity index (χ2n) is 8.86. The molecule has 0 aliphatic heterocycles. The zero-order valence-corrected chi connectivity index (χ0v) is 24.4. The smallest absolute Gasteiger partial charge is 0.478 e. The molecule has 3 rings (SSSR count). The normalized spacial score (nSPS) is 11.7. The van der Waals surface area contributed by atoms with Crippen molar-refractivity contribution >= 4 is 22.8 Å². The summed E-state index contributed by atoms with van der Waals surface area (Å²) in [7, 11) is 6.34. The zero-order valence-electron chi connectivity index (χ0n) is 21.5. The number of nitrogens with zero attached hydrogens (tertiary/aromatic N) is 3. The molecule has 0 saturated carbocycles. The SMILES string of the molecule is Cc1[c-]c(N(C)[C-]=CC=Cc2n(C)c3c(C)c(C)c(C)c(C)c3[n+]2C)c(C)c(C)c1C.[W+2]. The molecule has 0 aliphatic rings. The first-order valence-electron chi connectivity index (χ1n) is 10.9. The number of benzene rings is 2. The van der Waals surface area contributed by atoms with Gasteiger partial charge in [-0.15, -0.1) is 12.3 Å². The maximum absolute atomic E-state index is 3.51. The number of fused-ring (bicyclic) bond motifs is 1. The Morgan fingerprint density at radius 1 is 0.844 bits per heavy atom. The van der Waals surface area contributed by atoms with Gasteiger partial charge in [-0.2, -0.15) is 34.0 Å². The van der Waals surface area contributed by atoms with E-state index in [0.29, 0.717) is 0 Å². The molecule has 3 aromatic rings. The largest absolute Gasteiger partial charge is 2.00 e. The number of anilines is 1. The van der Waals surface area contributed by atoms with Crippen molar-refractivity contribution in [3.05, 3.63) is 74.8 Å². The van der Waals surface area contributed by atoms with Crippen molar-refractivity contribution in [1.82, 2.24) is 4.57 Å². The number of rotatable bonds is 4. The Balaban J connectivity index is 0.00000363. The van der Waals surface area contributed by atoms with E-state index >= 15 is 0 Å². The minimum Gasteiger partial charge on any atom is -0.478 e. The van der Waals surface area contributed by atoms with Crippen LogP contribution in [0.1, 0.15) is 50.3 Å². The molecule has 0 atom stereocenters. The van der Waals surface area contributed by atoms with Crippen LogP contribution in [0.2, 0.25) is 0 Å². The Morgan fingerprint density at radius 2 is 1.41 bits per heavy atom. The molecule has 0 bridgehead atoms. The monoisotopic (exact) mass is 598 g/mol. The van der Waals surface area contributed by atoms with Crippen LogP contribution in [0, 0.1) is 67.7 Å². The van der Waals surface area contributed by atoms with Gasteiger partial charge in [0, 0.05) is 11.1 Å². The molecule has 4 heteroatoms. The average molecular weight is 598 g/mol. The summed E-state index contributed by atoms with van der Waals surface area (Å²) in [6, 6.07) is 3.51. The van der Waals surface area contributed by atoms with E-state index in [4.69, 9.17) is 0 Å². The summed E-state index contributed by atoms with van der Waals surface area (Å²) in [5.74, 6) is 1.16. The zero-order chi connectivity index (χ0) is 23.2. The molecule has 1 heterocycles. The van der Waals surface area contributed by atoms with E-state index in [1.165, 1.54) is 55.5 Å². The van der Waals surface area contributed by atoms with Crippen molar-refractivity contribution in [3.63, 3.8) is 0 Å². The van der Waals surface area contributed by atoms with Crippen LogP contribution in [0.25, 0.3) is 17.1 Å². The van der Waals surface area contributed by atoms with Crippen molar-refractivity contribution in [3.8, 4) is 0 Å². The molecular weight excluding hydrogens is 562 g/mol. The first kappa shape index (κ1) is 26.1. The summed E-state index contributed by atoms with van der Waals surface area (Å²) < 4.78 is 4.59. The van der Waals surface area contributed by atoms with Crippen LogP contribution in [-0.4, -0.2) is 11.6 Å². The quantitative estimate of drug-likeness (QED) is 0.162. The fourth-order valence-corrected chi connectivity index (χ4v) is 4.57. The second-order valence-corrected chi connectivity index (χ2v) is 8.86. The van der Waals surface area contributed by atoms with Crippen LogP contribution < -0.4 is 9.47 Å². The Morgan fingerprint density at radius 3 is 2.03 bits per heavy atom. The van der Waals surface area contributed by atoms with Crippen LogP contribution in [0.5, 0.6) is 0 Å². The molecule has 0 unspecified atom stereocenters. The number of hydrogen-bond donors (Lipinski definition) is 0. The van der Waals surface area contributed by atoms with Gasteiger partial charge in [-0.05, 0) is 51.9 Å². The Bertz CT molecular complexity index is 1190. The number of allylic oxidation sites excluding steroid dienone is 2. The number of aromatic nitrogens is 2. The topological polar surface area (TPSA) is 12.1 Å². The molecule has 0 radical (unpaired) electrons. The summed E-state index contributed by atoms with van der Waals surface area (Å²) in [4.78, 5) is 2.03. The molecule has 0 spiro atoms. The fourth-order valence-electron chi connectivity index (χ4n) is 4.57. The van der Waals surface area contributed by atoms with Crippen molar-refractivity contribution < 1.29 is 25.6 Å². The van der Waals surface area contributed by atoms with Gasteiger partial charge in [0.1, 0.15) is 0 Å². The first-order chi connectivity index (χ1) is 14.5. The van der Waals surface area contributed by atoms with Crippen molar-refractivity contribution in [2.45, 2.75) is 55.4 Å². The Labute approximate surface area is 208 Å². The van der Waals surface area contributed by atoms with Gasteiger partial charge < -0.3 is 4.90 Å². The van der Waals surface area contributed by atoms with E-state index < -0.39 is 0 Å². The van der Waals surface area contributed by atoms with Gasteiger partial charge in [0.2, 0.25) is 0 Å². The summed E-state index contributed by atoms with van der Waals surface area (Å²) in [6.45, 7) is 17.5. The maximum atomic E-state index is 3.51. The molecule has 0 N–H and O–H groups in total. The third kappa shape index (κ3) is 4.25. The molecule has 0 fully saturated rings. The maximum Gasteiger partial charge on any atom is 2.00 e. The second kappa shape index (κ2) is 9.79. The molecule has 1 aromatic heterocycles. The Hall–Kier alpha value is -2.12. The fraction of sp³-hybridized carbons (Fsp3) is 0.393. The summed E-state index contributed by atoms with van der Waals surface area (Å²) in [6.07, 6.45) is 9.57. The van der Waals surface area contributed by atoms with Gasteiger partial charge in [-0.1, -0.05) is 27.7 Å². The van der Waals surface area contributed by atoms with E-state index in [0.717, 1.165) is 11.5 Å². The third-order valence-corrected chi connectivity index (χ3v) is 7.27. The number of imidazole rings is 1. The van der Waals surface area contributed by atoms with Gasteiger partial charge in [0.25, 0.3) is 5.82 Å². The molecule has 0 amide bonds. The molecule has 2 aromatic carbocycles. The molecule has 3 nitrogen and oxygen atoms in total. The van der Waals surface area contributed by atoms with Crippen molar-refractivity contribution in [1.29, 1.82) is 0 Å². The van der Waals surface area contributed by atoms with Crippen molar-refractivity contribution in [2.24, 2.45) is 14.1 Å². The number of aryl methyl sites for hydroxylation is 5. The van der Waals surface area contributed by atoms with Crippen LogP contribution in [0.15, 0.2) is 12.2 Å². The molecule has 0 aliphatic carbocycles. The minimum absolute atomic E-state index is 0. The van der Waals surface area contributed by atoms with Gasteiger partial charge in [0.15, 0.2) is 11.0 Å². The average Bonchev–Trinajstić information content (AvgIpc) is 2.99. The molecule has 0 saturated heterocycles. The predicted molar refractivity (Wildman–Crippen MR) is 133 cm³/mol. The van der Waals surface area contributed by atoms with E-state index in [1.807, 2.05) is 18.0 Å². The number of hydrogen-bond acceptors (Lipinski definition) is 1. The molecular formula is C28H36N3W+. The van der Waals surface area contributed by atoms with Gasteiger partial charge in [0.05, 0.1) is 14.1 Å². The molecule has 168 valence electrons. The van der Waals surface area contributed by atoms with Gasteiger partial charge in [-0.25, -0.2) is 15.2 Å². The first-order valence-corrected chi connectivity index (χ1v) is 10.9. The van der Waals surface area contributed by atoms with Crippen LogP contribution in [0.3, 0.4) is 0 Å². The molecule has 32 heavy (non-hydrogen) atoms. The van der Waals surface area contributed by atoms with Crippen LogP contribution in [-0.2, 0) is 35.2 Å². The van der Waals surface area contributed by atoms with Gasteiger partial charge >= 0.3 is 21.1 Å². The van der Waals surface area contributed by atoms with E-state index in [1.54, 1.807) is 0 Å². The van der Waals surface area contributed by atoms with E-state index in [2.05, 4.69) is 103 Å². The van der Waals surface area contributed by atoms with Crippen LogP contribution >= 0.6 is 0 Å². The van der Waals surface area contributed by atoms with Crippen LogP contribution in [0.4, 0.5) is 5.69 Å². The third-order valence-electron chi connectivity index (χ3n) is 7.27. The van der Waals surface area contributed by atoms with Gasteiger partial charge in [-0.3, -0.25) is 0 Å². The summed E-state index contributed by atoms with van der Waals surface area (Å²) in [5.41, 5.74) is 14.3. The van der Waals surface area contributed by atoms with E-state index in [-0.39, 0.29) is 21.1 Å². The van der Waals surface area contributed by atoms with E-state index in [9.17, 15) is 0 Å². The summed E-state index contributed by atoms with van der Waals surface area (Å²) >= 11 is 0. The summed E-state index contributed by atoms with van der Waals surface area (Å²) in [5, 5.41) is 0.